The zero-order valence-corrected chi connectivity index (χ0v) is 21.1. The molecule has 3 aliphatic rings. The molecule has 3 aromatic rings. The highest BCUT2D eigenvalue weighted by atomic mass is 16.5. The summed E-state index contributed by atoms with van der Waals surface area (Å²) >= 11 is 0. The highest BCUT2D eigenvalue weighted by Crippen LogP contribution is 2.63. The zero-order valence-electron chi connectivity index (χ0n) is 21.1. The van der Waals surface area contributed by atoms with Crippen LogP contribution in [-0.4, -0.2) is 32.1 Å². The van der Waals surface area contributed by atoms with Crippen LogP contribution in [0.2, 0.25) is 0 Å². The molecule has 1 heterocycles. The van der Waals surface area contributed by atoms with Crippen molar-refractivity contribution in [2.45, 2.75) is 31.2 Å². The number of carbonyl (C=O) groups is 2. The Hall–Kier alpha value is -3.64. The fourth-order valence-electron chi connectivity index (χ4n) is 6.96. The lowest BCUT2D eigenvalue weighted by Gasteiger charge is -2.43. The normalized spacial score (nSPS) is 25.1. The van der Waals surface area contributed by atoms with Crippen molar-refractivity contribution in [3.8, 4) is 0 Å². The van der Waals surface area contributed by atoms with Gasteiger partial charge in [0.25, 0.3) is 11.8 Å². The van der Waals surface area contributed by atoms with Crippen molar-refractivity contribution < 1.29 is 14.3 Å². The molecule has 3 N–H and O–H groups in total. The lowest BCUT2D eigenvalue weighted by molar-refractivity contribution is 0.0938. The maximum Gasteiger partial charge on any atom is 0.255 e. The molecule has 0 radical (unpaired) electrons. The molecule has 0 unspecified atom stereocenters. The summed E-state index contributed by atoms with van der Waals surface area (Å²) in [6, 6.07) is 24.2. The van der Waals surface area contributed by atoms with Gasteiger partial charge in [-0.3, -0.25) is 9.59 Å². The van der Waals surface area contributed by atoms with Crippen molar-refractivity contribution in [2.24, 2.45) is 17.8 Å². The molecule has 2 fully saturated rings. The standard InChI is InChI=1S/C31H33N3O3/c1-37-16-15-32-31(36)23-9-5-6-10-25(23)34-30(35)22-13-14-26-24(18-22)27-20-11-12-21(17-20)28(27)29(33-26)19-7-3-2-4-8-19/h2-10,13-14,18,20-21,27-29,33H,11-12,15-17H2,1H3,(H,32,36)(H,34,35)/t20-,21-,27+,28+,29-/m0/s1. The Balaban J connectivity index is 1.27. The van der Waals surface area contributed by atoms with E-state index in [1.54, 1.807) is 25.3 Å². The average Bonchev–Trinajstić information content (AvgIpc) is 3.56. The monoisotopic (exact) mass is 495 g/mol. The van der Waals surface area contributed by atoms with Crippen molar-refractivity contribution in [3.63, 3.8) is 0 Å². The third-order valence-corrected chi connectivity index (χ3v) is 8.52. The highest BCUT2D eigenvalue weighted by molar-refractivity contribution is 6.09. The first-order valence-corrected chi connectivity index (χ1v) is 13.3. The molecule has 6 heteroatoms. The van der Waals surface area contributed by atoms with Crippen LogP contribution in [0, 0.1) is 17.8 Å². The van der Waals surface area contributed by atoms with Crippen LogP contribution in [0.15, 0.2) is 72.8 Å². The van der Waals surface area contributed by atoms with Crippen LogP contribution in [0.25, 0.3) is 0 Å². The van der Waals surface area contributed by atoms with Gasteiger partial charge in [-0.15, -0.1) is 0 Å². The molecule has 2 saturated carbocycles. The Morgan fingerprint density at radius 3 is 2.57 bits per heavy atom. The Morgan fingerprint density at radius 1 is 0.946 bits per heavy atom. The number of anilines is 2. The van der Waals surface area contributed by atoms with Crippen molar-refractivity contribution in [1.82, 2.24) is 5.32 Å². The molecule has 1 aliphatic heterocycles. The lowest BCUT2D eigenvalue weighted by atomic mass is 9.68. The predicted molar refractivity (Wildman–Crippen MR) is 145 cm³/mol. The molecule has 6 nitrogen and oxygen atoms in total. The van der Waals surface area contributed by atoms with E-state index in [-0.39, 0.29) is 11.8 Å². The Labute approximate surface area is 217 Å². The summed E-state index contributed by atoms with van der Waals surface area (Å²) in [5, 5.41) is 9.65. The van der Waals surface area contributed by atoms with Crippen LogP contribution in [0.5, 0.6) is 0 Å². The summed E-state index contributed by atoms with van der Waals surface area (Å²) in [5.74, 6) is 1.97. The Morgan fingerprint density at radius 2 is 1.73 bits per heavy atom. The number of ether oxygens (including phenoxy) is 1. The first-order valence-electron chi connectivity index (χ1n) is 13.3. The molecule has 0 aromatic heterocycles. The molecule has 2 aliphatic carbocycles. The number of benzene rings is 3. The topological polar surface area (TPSA) is 79.5 Å². The van der Waals surface area contributed by atoms with Crippen LogP contribution in [-0.2, 0) is 4.74 Å². The molecule has 2 amide bonds. The minimum atomic E-state index is -0.237. The second kappa shape index (κ2) is 10.0. The van der Waals surface area contributed by atoms with Crippen LogP contribution in [0.3, 0.4) is 0 Å². The molecular weight excluding hydrogens is 462 g/mol. The fourth-order valence-corrected chi connectivity index (χ4v) is 6.96. The highest BCUT2D eigenvalue weighted by Gasteiger charge is 2.53. The van der Waals surface area contributed by atoms with Gasteiger partial charge < -0.3 is 20.7 Å². The summed E-state index contributed by atoms with van der Waals surface area (Å²) in [4.78, 5) is 26.1. The van der Waals surface area contributed by atoms with E-state index in [1.807, 2.05) is 12.1 Å². The van der Waals surface area contributed by atoms with Crippen molar-refractivity contribution in [2.75, 3.05) is 30.9 Å². The molecule has 0 saturated heterocycles. The third kappa shape index (κ3) is 4.40. The molecule has 3 aromatic carbocycles. The Kier molecular flexibility index (Phi) is 6.43. The third-order valence-electron chi connectivity index (χ3n) is 8.52. The first kappa shape index (κ1) is 23.7. The molecule has 6 rings (SSSR count). The molecular formula is C31H33N3O3. The van der Waals surface area contributed by atoms with Gasteiger partial charge in [0.2, 0.25) is 0 Å². The van der Waals surface area contributed by atoms with Crippen molar-refractivity contribution in [3.05, 3.63) is 95.1 Å². The van der Waals surface area contributed by atoms with Crippen molar-refractivity contribution >= 4 is 23.2 Å². The average molecular weight is 496 g/mol. The summed E-state index contributed by atoms with van der Waals surface area (Å²) in [5.41, 5.74) is 5.30. The minimum Gasteiger partial charge on any atom is -0.383 e. The number of methoxy groups -OCH3 is 1. The number of hydrogen-bond acceptors (Lipinski definition) is 4. The number of amides is 2. The quantitative estimate of drug-likeness (QED) is 0.372. The summed E-state index contributed by atoms with van der Waals surface area (Å²) < 4.78 is 5.02. The van der Waals surface area contributed by atoms with Gasteiger partial charge in [0.15, 0.2) is 0 Å². The van der Waals surface area contributed by atoms with E-state index in [0.717, 1.165) is 11.6 Å². The smallest absolute Gasteiger partial charge is 0.255 e. The Bertz CT molecular complexity index is 1310. The van der Waals surface area contributed by atoms with E-state index >= 15 is 0 Å². The largest absolute Gasteiger partial charge is 0.383 e. The first-order chi connectivity index (χ1) is 18.1. The van der Waals surface area contributed by atoms with E-state index in [4.69, 9.17) is 4.74 Å². The van der Waals surface area contributed by atoms with Gasteiger partial charge >= 0.3 is 0 Å². The van der Waals surface area contributed by atoms with E-state index in [1.165, 1.54) is 30.4 Å². The van der Waals surface area contributed by atoms with E-state index in [9.17, 15) is 9.59 Å². The van der Waals surface area contributed by atoms with E-state index in [0.29, 0.717) is 53.8 Å². The summed E-state index contributed by atoms with van der Waals surface area (Å²) in [7, 11) is 1.59. The SMILES string of the molecule is COCCNC(=O)c1ccccc1NC(=O)c1ccc2c(c1)[C@H]1[C@H]3CC[C@@H](C3)[C@H]1[C@H](c1ccccc1)N2. The number of hydrogen-bond donors (Lipinski definition) is 3. The molecule has 5 atom stereocenters. The molecule has 0 spiro atoms. The summed E-state index contributed by atoms with van der Waals surface area (Å²) in [6.45, 7) is 0.836. The molecule has 2 bridgehead atoms. The van der Waals surface area contributed by atoms with Crippen LogP contribution in [0.1, 0.15) is 63.1 Å². The minimum absolute atomic E-state index is 0.204. The second-order valence-corrected chi connectivity index (χ2v) is 10.5. The van der Waals surface area contributed by atoms with Gasteiger partial charge in [-0.1, -0.05) is 42.5 Å². The van der Waals surface area contributed by atoms with Crippen molar-refractivity contribution in [1.29, 1.82) is 0 Å². The van der Waals surface area contributed by atoms with E-state index in [2.05, 4.69) is 58.4 Å². The predicted octanol–water partition coefficient (Wildman–Crippen LogP) is 5.61. The maximum atomic E-state index is 13.4. The van der Waals surface area contributed by atoms with Gasteiger partial charge in [0, 0.05) is 24.9 Å². The van der Waals surface area contributed by atoms with Gasteiger partial charge in [0.05, 0.1) is 23.9 Å². The molecule has 37 heavy (non-hydrogen) atoms. The number of para-hydroxylation sites is 1. The lowest BCUT2D eigenvalue weighted by Crippen LogP contribution is -2.35. The van der Waals surface area contributed by atoms with E-state index < -0.39 is 0 Å². The van der Waals surface area contributed by atoms with Gasteiger partial charge in [-0.2, -0.15) is 0 Å². The number of fused-ring (bicyclic) bond motifs is 7. The molecule has 190 valence electrons. The second-order valence-electron chi connectivity index (χ2n) is 10.5. The fraction of sp³-hybridized carbons (Fsp3) is 0.355. The number of carbonyl (C=O) groups excluding carboxylic acids is 2. The zero-order chi connectivity index (χ0) is 25.4. The van der Waals surface area contributed by atoms with Crippen LogP contribution >= 0.6 is 0 Å². The van der Waals surface area contributed by atoms with Gasteiger partial charge in [0.1, 0.15) is 0 Å². The van der Waals surface area contributed by atoms with Gasteiger partial charge in [-0.25, -0.2) is 0 Å². The maximum absolute atomic E-state index is 13.4. The van der Waals surface area contributed by atoms with Gasteiger partial charge in [-0.05, 0) is 84.4 Å². The van der Waals surface area contributed by atoms with Crippen LogP contribution < -0.4 is 16.0 Å². The van der Waals surface area contributed by atoms with Crippen LogP contribution in [0.4, 0.5) is 11.4 Å². The number of nitrogens with one attached hydrogen (secondary N) is 3. The summed E-state index contributed by atoms with van der Waals surface area (Å²) in [6.07, 6.45) is 3.85. The number of rotatable bonds is 7.